The van der Waals surface area contributed by atoms with Crippen molar-refractivity contribution in [1.29, 1.82) is 0 Å². The summed E-state index contributed by atoms with van der Waals surface area (Å²) in [6.07, 6.45) is 4.05. The van der Waals surface area contributed by atoms with E-state index in [2.05, 4.69) is 48.7 Å². The van der Waals surface area contributed by atoms with E-state index in [1.54, 1.807) is 0 Å². The molecule has 16 heavy (non-hydrogen) atoms. The SMILES string of the molecule is CCC(CC)C(N)c1c(Br)cnn1C(C)C. The Labute approximate surface area is 107 Å². The van der Waals surface area contributed by atoms with E-state index in [4.69, 9.17) is 5.73 Å². The van der Waals surface area contributed by atoms with Gasteiger partial charge in [-0.25, -0.2) is 0 Å². The third kappa shape index (κ3) is 2.66. The van der Waals surface area contributed by atoms with Crippen LogP contribution in [-0.4, -0.2) is 9.78 Å². The topological polar surface area (TPSA) is 43.8 Å². The predicted octanol–water partition coefficient (Wildman–Crippen LogP) is 3.66. The molecular formula is C12H22BrN3. The Morgan fingerprint density at radius 2 is 1.94 bits per heavy atom. The second-order valence-electron chi connectivity index (χ2n) is 4.52. The standard InChI is InChI=1S/C12H22BrN3/c1-5-9(6-2)11(14)12-10(13)7-15-16(12)8(3)4/h7-9,11H,5-6,14H2,1-4H3. The van der Waals surface area contributed by atoms with Gasteiger partial charge in [-0.15, -0.1) is 0 Å². The minimum atomic E-state index is 0.0641. The highest BCUT2D eigenvalue weighted by Gasteiger charge is 2.23. The first-order chi connectivity index (χ1) is 7.52. The second kappa shape index (κ2) is 5.82. The molecule has 0 saturated carbocycles. The Kier molecular flexibility index (Phi) is 4.99. The van der Waals surface area contributed by atoms with Crippen LogP contribution in [-0.2, 0) is 0 Å². The molecule has 2 N–H and O–H groups in total. The lowest BCUT2D eigenvalue weighted by atomic mass is 9.92. The van der Waals surface area contributed by atoms with E-state index in [-0.39, 0.29) is 6.04 Å². The summed E-state index contributed by atoms with van der Waals surface area (Å²) in [6, 6.07) is 0.413. The van der Waals surface area contributed by atoms with E-state index in [1.165, 1.54) is 0 Å². The number of hydrogen-bond acceptors (Lipinski definition) is 2. The van der Waals surface area contributed by atoms with Crippen molar-refractivity contribution < 1.29 is 0 Å². The zero-order chi connectivity index (χ0) is 12.3. The molecule has 0 aromatic carbocycles. The van der Waals surface area contributed by atoms with Crippen LogP contribution in [0, 0.1) is 5.92 Å². The van der Waals surface area contributed by atoms with Gasteiger partial charge in [0.05, 0.1) is 22.4 Å². The minimum absolute atomic E-state index is 0.0641. The van der Waals surface area contributed by atoms with Gasteiger partial charge >= 0.3 is 0 Å². The normalized spacial score (nSPS) is 13.8. The molecule has 0 aliphatic heterocycles. The van der Waals surface area contributed by atoms with Crippen molar-refractivity contribution in [2.24, 2.45) is 11.7 Å². The maximum Gasteiger partial charge on any atom is 0.0699 e. The highest BCUT2D eigenvalue weighted by molar-refractivity contribution is 9.10. The first-order valence-electron chi connectivity index (χ1n) is 6.01. The van der Waals surface area contributed by atoms with E-state index >= 15 is 0 Å². The summed E-state index contributed by atoms with van der Waals surface area (Å²) in [5, 5.41) is 4.38. The van der Waals surface area contributed by atoms with Crippen molar-refractivity contribution >= 4 is 15.9 Å². The molecule has 1 aromatic rings. The van der Waals surface area contributed by atoms with E-state index in [1.807, 2.05) is 10.9 Å². The number of halogens is 1. The molecule has 3 nitrogen and oxygen atoms in total. The average Bonchev–Trinajstić information content (AvgIpc) is 2.61. The fourth-order valence-electron chi connectivity index (χ4n) is 2.09. The van der Waals surface area contributed by atoms with Crippen LogP contribution in [0.3, 0.4) is 0 Å². The van der Waals surface area contributed by atoms with Gasteiger partial charge in [0.15, 0.2) is 0 Å². The van der Waals surface area contributed by atoms with Crippen molar-refractivity contribution in [2.45, 2.75) is 52.6 Å². The lowest BCUT2D eigenvalue weighted by Gasteiger charge is -2.24. The van der Waals surface area contributed by atoms with Gasteiger partial charge in [0.25, 0.3) is 0 Å². The number of rotatable bonds is 5. The van der Waals surface area contributed by atoms with Crippen LogP contribution in [0.25, 0.3) is 0 Å². The molecule has 1 atom stereocenters. The predicted molar refractivity (Wildman–Crippen MR) is 71.3 cm³/mol. The lowest BCUT2D eigenvalue weighted by molar-refractivity contribution is 0.370. The molecule has 4 heteroatoms. The Hall–Kier alpha value is -0.350. The fourth-order valence-corrected chi connectivity index (χ4v) is 2.63. The highest BCUT2D eigenvalue weighted by atomic mass is 79.9. The van der Waals surface area contributed by atoms with Gasteiger partial charge in [0.2, 0.25) is 0 Å². The molecule has 0 aliphatic rings. The van der Waals surface area contributed by atoms with Gasteiger partial charge < -0.3 is 5.73 Å². The van der Waals surface area contributed by atoms with Crippen LogP contribution in [0.5, 0.6) is 0 Å². The molecule has 1 aromatic heterocycles. The number of nitrogens with two attached hydrogens (primary N) is 1. The summed E-state index contributed by atoms with van der Waals surface area (Å²) in [5.74, 6) is 0.519. The molecule has 0 spiro atoms. The first-order valence-corrected chi connectivity index (χ1v) is 6.80. The molecule has 0 aliphatic carbocycles. The minimum Gasteiger partial charge on any atom is -0.322 e. The lowest BCUT2D eigenvalue weighted by Crippen LogP contribution is -2.25. The third-order valence-corrected chi connectivity index (χ3v) is 3.76. The van der Waals surface area contributed by atoms with Gasteiger partial charge in [-0.2, -0.15) is 5.10 Å². The molecule has 1 unspecified atom stereocenters. The Morgan fingerprint density at radius 1 is 1.38 bits per heavy atom. The molecule has 92 valence electrons. The van der Waals surface area contributed by atoms with E-state index < -0.39 is 0 Å². The average molecular weight is 288 g/mol. The summed E-state index contributed by atoms with van der Waals surface area (Å²) < 4.78 is 3.05. The summed E-state index contributed by atoms with van der Waals surface area (Å²) in [5.41, 5.74) is 7.48. The van der Waals surface area contributed by atoms with E-state index in [0.717, 1.165) is 23.0 Å². The zero-order valence-corrected chi connectivity index (χ0v) is 12.2. The van der Waals surface area contributed by atoms with Gasteiger partial charge in [-0.1, -0.05) is 26.7 Å². The quantitative estimate of drug-likeness (QED) is 0.898. The molecule has 0 saturated heterocycles. The summed E-state index contributed by atoms with van der Waals surface area (Å²) >= 11 is 3.55. The Bertz CT molecular complexity index is 329. The van der Waals surface area contributed by atoms with Crippen molar-refractivity contribution in [1.82, 2.24) is 9.78 Å². The third-order valence-electron chi connectivity index (χ3n) is 3.15. The summed E-state index contributed by atoms with van der Waals surface area (Å²) in [6.45, 7) is 8.64. The van der Waals surface area contributed by atoms with Gasteiger partial charge in [0.1, 0.15) is 0 Å². The molecule has 0 bridgehead atoms. The maximum atomic E-state index is 6.35. The fraction of sp³-hybridized carbons (Fsp3) is 0.750. The Morgan fingerprint density at radius 3 is 2.38 bits per heavy atom. The van der Waals surface area contributed by atoms with Gasteiger partial charge in [-0.05, 0) is 35.7 Å². The van der Waals surface area contributed by atoms with Gasteiger partial charge in [-0.3, -0.25) is 4.68 Å². The van der Waals surface area contributed by atoms with E-state index in [0.29, 0.717) is 12.0 Å². The van der Waals surface area contributed by atoms with Crippen LogP contribution in [0.2, 0.25) is 0 Å². The molecular weight excluding hydrogens is 266 g/mol. The van der Waals surface area contributed by atoms with Crippen molar-refractivity contribution in [3.8, 4) is 0 Å². The molecule has 1 heterocycles. The van der Waals surface area contributed by atoms with Crippen molar-refractivity contribution in [3.63, 3.8) is 0 Å². The number of aromatic nitrogens is 2. The summed E-state index contributed by atoms with van der Waals surface area (Å²) in [7, 11) is 0. The molecule has 0 fully saturated rings. The maximum absolute atomic E-state index is 6.35. The molecule has 0 amide bonds. The van der Waals surface area contributed by atoms with Crippen molar-refractivity contribution in [3.05, 3.63) is 16.4 Å². The number of hydrogen-bond donors (Lipinski definition) is 1. The summed E-state index contributed by atoms with van der Waals surface area (Å²) in [4.78, 5) is 0. The zero-order valence-electron chi connectivity index (χ0n) is 10.6. The van der Waals surface area contributed by atoms with E-state index in [9.17, 15) is 0 Å². The van der Waals surface area contributed by atoms with Crippen LogP contribution in [0.4, 0.5) is 0 Å². The van der Waals surface area contributed by atoms with Gasteiger partial charge in [0, 0.05) is 6.04 Å². The molecule has 0 radical (unpaired) electrons. The van der Waals surface area contributed by atoms with Crippen molar-refractivity contribution in [2.75, 3.05) is 0 Å². The number of nitrogens with zero attached hydrogens (tertiary/aromatic N) is 2. The molecule has 1 rings (SSSR count). The smallest absolute Gasteiger partial charge is 0.0699 e. The van der Waals surface area contributed by atoms with Crippen LogP contribution in [0.1, 0.15) is 58.3 Å². The Balaban J connectivity index is 3.05. The highest BCUT2D eigenvalue weighted by Crippen LogP contribution is 2.31. The monoisotopic (exact) mass is 287 g/mol. The van der Waals surface area contributed by atoms with Crippen LogP contribution in [0.15, 0.2) is 10.7 Å². The largest absolute Gasteiger partial charge is 0.322 e. The first kappa shape index (κ1) is 13.7. The second-order valence-corrected chi connectivity index (χ2v) is 5.37. The van der Waals surface area contributed by atoms with Crippen LogP contribution >= 0.6 is 15.9 Å². The van der Waals surface area contributed by atoms with Crippen LogP contribution < -0.4 is 5.73 Å².